The Morgan fingerprint density at radius 3 is 2.55 bits per heavy atom. The van der Waals surface area contributed by atoms with E-state index in [0.717, 1.165) is 12.0 Å². The van der Waals surface area contributed by atoms with Crippen LogP contribution in [0.1, 0.15) is 19.4 Å². The number of methoxy groups -OCH3 is 1. The predicted octanol–water partition coefficient (Wildman–Crippen LogP) is 1.32. The highest BCUT2D eigenvalue weighted by Gasteiger charge is 2.06. The zero-order valence-electron chi connectivity index (χ0n) is 13.5. The van der Waals surface area contributed by atoms with Crippen LogP contribution in [-0.2, 0) is 11.2 Å². The fourth-order valence-electron chi connectivity index (χ4n) is 1.76. The molecule has 1 atom stereocenters. The standard InChI is InChI=1S/C16H26N2O4/c1-12(2)18-10-14(19)11-22-15-6-4-13(5-7-15)8-9-17-16(20)21-3/h4-7,12,14,18-19H,8-11H2,1-3H3,(H,17,20)/t14-/m0/s1. The zero-order valence-corrected chi connectivity index (χ0v) is 13.5. The smallest absolute Gasteiger partial charge is 0.406 e. The number of ether oxygens (including phenoxy) is 2. The first kappa shape index (κ1) is 18.3. The molecular weight excluding hydrogens is 284 g/mol. The Hall–Kier alpha value is -1.79. The lowest BCUT2D eigenvalue weighted by Crippen LogP contribution is -2.35. The normalized spacial score (nSPS) is 12.0. The zero-order chi connectivity index (χ0) is 16.4. The van der Waals surface area contributed by atoms with Gasteiger partial charge in [-0.2, -0.15) is 0 Å². The molecule has 124 valence electrons. The number of nitrogens with one attached hydrogen (secondary N) is 2. The maximum absolute atomic E-state index is 10.9. The van der Waals surface area contributed by atoms with Gasteiger partial charge in [0.1, 0.15) is 18.5 Å². The fourth-order valence-corrected chi connectivity index (χ4v) is 1.76. The van der Waals surface area contributed by atoms with Crippen LogP contribution in [0.2, 0.25) is 0 Å². The molecule has 6 nitrogen and oxygen atoms in total. The van der Waals surface area contributed by atoms with Gasteiger partial charge in [-0.25, -0.2) is 4.79 Å². The van der Waals surface area contributed by atoms with Gasteiger partial charge in [-0.1, -0.05) is 26.0 Å². The van der Waals surface area contributed by atoms with Crippen LogP contribution in [0, 0.1) is 0 Å². The first-order chi connectivity index (χ1) is 10.5. The van der Waals surface area contributed by atoms with Crippen LogP contribution in [-0.4, -0.2) is 50.2 Å². The van der Waals surface area contributed by atoms with Gasteiger partial charge in [-0.15, -0.1) is 0 Å². The van der Waals surface area contributed by atoms with Crippen molar-refractivity contribution >= 4 is 6.09 Å². The molecule has 0 heterocycles. The van der Waals surface area contributed by atoms with Crippen molar-refractivity contribution in [1.82, 2.24) is 10.6 Å². The molecular formula is C16H26N2O4. The molecule has 0 saturated carbocycles. The van der Waals surface area contributed by atoms with Crippen molar-refractivity contribution in [3.05, 3.63) is 29.8 Å². The van der Waals surface area contributed by atoms with E-state index in [1.54, 1.807) is 0 Å². The van der Waals surface area contributed by atoms with E-state index < -0.39 is 12.2 Å². The van der Waals surface area contributed by atoms with E-state index in [1.165, 1.54) is 7.11 Å². The SMILES string of the molecule is COC(=O)NCCc1ccc(OC[C@@H](O)CNC(C)C)cc1. The molecule has 0 bridgehead atoms. The number of amides is 1. The summed E-state index contributed by atoms with van der Waals surface area (Å²) in [6.45, 7) is 5.34. The largest absolute Gasteiger partial charge is 0.491 e. The Morgan fingerprint density at radius 1 is 1.27 bits per heavy atom. The lowest BCUT2D eigenvalue weighted by atomic mass is 10.1. The number of alkyl carbamates (subject to hydrolysis) is 1. The van der Waals surface area contributed by atoms with Gasteiger partial charge in [0, 0.05) is 19.1 Å². The number of aliphatic hydroxyl groups is 1. The second kappa shape index (κ2) is 10.0. The van der Waals surface area contributed by atoms with Crippen LogP contribution in [0.5, 0.6) is 5.75 Å². The highest BCUT2D eigenvalue weighted by molar-refractivity contribution is 5.66. The van der Waals surface area contributed by atoms with Gasteiger partial charge in [-0.05, 0) is 24.1 Å². The lowest BCUT2D eigenvalue weighted by Gasteiger charge is -2.15. The summed E-state index contributed by atoms with van der Waals surface area (Å²) in [5.74, 6) is 0.716. The molecule has 0 radical (unpaired) electrons. The summed E-state index contributed by atoms with van der Waals surface area (Å²) in [7, 11) is 1.34. The Labute approximate surface area is 131 Å². The van der Waals surface area contributed by atoms with E-state index in [1.807, 2.05) is 38.1 Å². The molecule has 1 amide bonds. The summed E-state index contributed by atoms with van der Waals surface area (Å²) in [5, 5.41) is 15.5. The number of carbonyl (C=O) groups excluding carboxylic acids is 1. The van der Waals surface area contributed by atoms with Crippen molar-refractivity contribution in [2.45, 2.75) is 32.4 Å². The molecule has 1 aromatic rings. The third-order valence-electron chi connectivity index (χ3n) is 3.00. The first-order valence-corrected chi connectivity index (χ1v) is 7.46. The molecule has 1 aromatic carbocycles. The minimum absolute atomic E-state index is 0.253. The van der Waals surface area contributed by atoms with E-state index in [9.17, 15) is 9.90 Å². The summed E-state index contributed by atoms with van der Waals surface area (Å²) < 4.78 is 10.0. The van der Waals surface area contributed by atoms with Crippen LogP contribution >= 0.6 is 0 Å². The molecule has 0 unspecified atom stereocenters. The molecule has 1 rings (SSSR count). The Bertz CT molecular complexity index is 434. The van der Waals surface area contributed by atoms with E-state index in [0.29, 0.717) is 24.9 Å². The highest BCUT2D eigenvalue weighted by Crippen LogP contribution is 2.12. The predicted molar refractivity (Wildman–Crippen MR) is 85.2 cm³/mol. The summed E-state index contributed by atoms with van der Waals surface area (Å²) in [6.07, 6.45) is -0.244. The number of rotatable bonds is 9. The third-order valence-corrected chi connectivity index (χ3v) is 3.00. The quantitative estimate of drug-likeness (QED) is 0.641. The molecule has 0 aliphatic rings. The van der Waals surface area contributed by atoms with Crippen molar-refractivity contribution in [1.29, 1.82) is 0 Å². The first-order valence-electron chi connectivity index (χ1n) is 7.46. The van der Waals surface area contributed by atoms with Crippen molar-refractivity contribution < 1.29 is 19.4 Å². The topological polar surface area (TPSA) is 79.8 Å². The van der Waals surface area contributed by atoms with Gasteiger partial charge < -0.3 is 25.2 Å². The lowest BCUT2D eigenvalue weighted by molar-refractivity contribution is 0.104. The minimum atomic E-state index is -0.536. The van der Waals surface area contributed by atoms with Gasteiger partial charge in [0.15, 0.2) is 0 Å². The molecule has 0 fully saturated rings. The summed E-state index contributed by atoms with van der Waals surface area (Å²) in [6, 6.07) is 7.93. The summed E-state index contributed by atoms with van der Waals surface area (Å²) in [4.78, 5) is 10.9. The number of hydrogen-bond donors (Lipinski definition) is 3. The number of aliphatic hydroxyl groups excluding tert-OH is 1. The van der Waals surface area contributed by atoms with Crippen LogP contribution in [0.4, 0.5) is 4.79 Å². The van der Waals surface area contributed by atoms with Gasteiger partial charge in [0.2, 0.25) is 0 Å². The number of hydrogen-bond acceptors (Lipinski definition) is 5. The molecule has 3 N–H and O–H groups in total. The Kier molecular flexibility index (Phi) is 8.32. The van der Waals surface area contributed by atoms with Crippen molar-refractivity contribution in [3.8, 4) is 5.75 Å². The van der Waals surface area contributed by atoms with E-state index in [4.69, 9.17) is 4.74 Å². The molecule has 0 aliphatic carbocycles. The van der Waals surface area contributed by atoms with Gasteiger partial charge in [0.25, 0.3) is 0 Å². The maximum Gasteiger partial charge on any atom is 0.406 e. The maximum atomic E-state index is 10.9. The van der Waals surface area contributed by atoms with Crippen LogP contribution in [0.25, 0.3) is 0 Å². The monoisotopic (exact) mass is 310 g/mol. The molecule has 0 saturated heterocycles. The average molecular weight is 310 g/mol. The molecule has 0 spiro atoms. The number of benzene rings is 1. The van der Waals surface area contributed by atoms with Crippen molar-refractivity contribution in [2.24, 2.45) is 0 Å². The summed E-state index contributed by atoms with van der Waals surface area (Å²) in [5.41, 5.74) is 1.09. The van der Waals surface area contributed by atoms with Gasteiger partial charge in [0.05, 0.1) is 7.11 Å². The number of carbonyl (C=O) groups is 1. The molecule has 0 aromatic heterocycles. The van der Waals surface area contributed by atoms with E-state index in [-0.39, 0.29) is 6.61 Å². The Morgan fingerprint density at radius 2 is 1.95 bits per heavy atom. The fraction of sp³-hybridized carbons (Fsp3) is 0.562. The second-order valence-electron chi connectivity index (χ2n) is 5.34. The van der Waals surface area contributed by atoms with Crippen molar-refractivity contribution in [3.63, 3.8) is 0 Å². The third kappa shape index (κ3) is 7.85. The van der Waals surface area contributed by atoms with Gasteiger partial charge in [-0.3, -0.25) is 0 Å². The minimum Gasteiger partial charge on any atom is -0.491 e. The molecule has 6 heteroatoms. The van der Waals surface area contributed by atoms with Crippen LogP contribution in [0.15, 0.2) is 24.3 Å². The van der Waals surface area contributed by atoms with E-state index in [2.05, 4.69) is 15.4 Å². The van der Waals surface area contributed by atoms with Crippen LogP contribution in [0.3, 0.4) is 0 Å². The van der Waals surface area contributed by atoms with Gasteiger partial charge >= 0.3 is 6.09 Å². The average Bonchev–Trinajstić information content (AvgIpc) is 2.51. The highest BCUT2D eigenvalue weighted by atomic mass is 16.5. The Balaban J connectivity index is 2.28. The van der Waals surface area contributed by atoms with Crippen LogP contribution < -0.4 is 15.4 Å². The summed E-state index contributed by atoms with van der Waals surface area (Å²) >= 11 is 0. The second-order valence-corrected chi connectivity index (χ2v) is 5.34. The van der Waals surface area contributed by atoms with E-state index >= 15 is 0 Å². The van der Waals surface area contributed by atoms with Crippen molar-refractivity contribution in [2.75, 3.05) is 26.8 Å². The molecule has 0 aliphatic heterocycles. The molecule has 22 heavy (non-hydrogen) atoms.